The third kappa shape index (κ3) is 5.34. The van der Waals surface area contributed by atoms with E-state index in [-0.39, 0.29) is 17.3 Å². The Labute approximate surface area is 141 Å². The van der Waals surface area contributed by atoms with E-state index in [0.717, 1.165) is 17.0 Å². The molecule has 0 aliphatic carbocycles. The zero-order chi connectivity index (χ0) is 17.1. The average Bonchev–Trinajstić information content (AvgIpc) is 2.35. The monoisotopic (exact) mass is 366 g/mol. The van der Waals surface area contributed by atoms with Crippen molar-refractivity contribution in [2.24, 2.45) is 0 Å². The number of benzene rings is 1. The van der Waals surface area contributed by atoms with Gasteiger partial charge in [0.2, 0.25) is 15.9 Å². The zero-order valence-corrected chi connectivity index (χ0v) is 15.3. The highest BCUT2D eigenvalue weighted by Crippen LogP contribution is 2.30. The summed E-state index contributed by atoms with van der Waals surface area (Å²) >= 11 is 11.9. The highest BCUT2D eigenvalue weighted by molar-refractivity contribution is 7.92. The normalized spacial score (nSPS) is 12.1. The van der Waals surface area contributed by atoms with Crippen molar-refractivity contribution in [2.75, 3.05) is 17.1 Å². The maximum Gasteiger partial charge on any atom is 0.241 e. The Bertz CT molecular complexity index is 660. The zero-order valence-electron chi connectivity index (χ0n) is 13.0. The van der Waals surface area contributed by atoms with Crippen LogP contribution in [0.4, 0.5) is 5.69 Å². The molecular formula is C14H20Cl2N2O3S. The van der Waals surface area contributed by atoms with E-state index in [1.54, 1.807) is 0 Å². The highest BCUT2D eigenvalue weighted by Gasteiger charge is 2.25. The van der Waals surface area contributed by atoms with Gasteiger partial charge < -0.3 is 5.32 Å². The second-order valence-corrected chi connectivity index (χ2v) is 8.40. The van der Waals surface area contributed by atoms with Crippen LogP contribution in [0, 0.1) is 0 Å². The molecule has 124 valence electrons. The van der Waals surface area contributed by atoms with E-state index in [1.165, 1.54) is 18.2 Å². The van der Waals surface area contributed by atoms with Crippen molar-refractivity contribution in [3.05, 3.63) is 28.2 Å². The van der Waals surface area contributed by atoms with Gasteiger partial charge in [-0.1, -0.05) is 30.1 Å². The van der Waals surface area contributed by atoms with Crippen LogP contribution >= 0.6 is 23.2 Å². The number of hydrogen-bond acceptors (Lipinski definition) is 3. The fraction of sp³-hybridized carbons (Fsp3) is 0.500. The van der Waals surface area contributed by atoms with Crippen molar-refractivity contribution in [1.29, 1.82) is 0 Å². The molecule has 1 rings (SSSR count). The summed E-state index contributed by atoms with van der Waals surface area (Å²) in [5.74, 6) is -0.400. The van der Waals surface area contributed by atoms with Gasteiger partial charge in [0.05, 0.1) is 17.0 Å². The lowest BCUT2D eigenvalue weighted by Crippen LogP contribution is -2.48. The summed E-state index contributed by atoms with van der Waals surface area (Å²) in [7, 11) is -3.67. The van der Waals surface area contributed by atoms with Crippen LogP contribution < -0.4 is 9.62 Å². The molecule has 0 heterocycles. The molecule has 8 heteroatoms. The van der Waals surface area contributed by atoms with E-state index in [0.29, 0.717) is 5.02 Å². The number of sulfonamides is 1. The topological polar surface area (TPSA) is 66.5 Å². The van der Waals surface area contributed by atoms with Crippen molar-refractivity contribution in [1.82, 2.24) is 5.32 Å². The molecule has 0 aliphatic rings. The molecule has 0 saturated carbocycles. The number of carbonyl (C=O) groups is 1. The van der Waals surface area contributed by atoms with Gasteiger partial charge in [0.1, 0.15) is 6.54 Å². The van der Waals surface area contributed by atoms with Crippen LogP contribution in [0.15, 0.2) is 18.2 Å². The lowest BCUT2D eigenvalue weighted by atomic mass is 10.0. The standard InChI is InChI=1S/C14H20Cl2N2O3S/c1-5-14(2,3)17-13(19)9-18(22(4,20)21)12-7-6-10(15)8-11(12)16/h6-8H,5,9H2,1-4H3,(H,17,19). The molecule has 0 aliphatic heterocycles. The van der Waals surface area contributed by atoms with Crippen molar-refractivity contribution < 1.29 is 13.2 Å². The fourth-order valence-electron chi connectivity index (χ4n) is 1.70. The Morgan fingerprint density at radius 2 is 1.91 bits per heavy atom. The van der Waals surface area contributed by atoms with Gasteiger partial charge in [-0.15, -0.1) is 0 Å². The Balaban J connectivity index is 3.09. The van der Waals surface area contributed by atoms with Crippen molar-refractivity contribution in [2.45, 2.75) is 32.7 Å². The molecule has 0 spiro atoms. The number of rotatable bonds is 6. The summed E-state index contributed by atoms with van der Waals surface area (Å²) in [6.45, 7) is 5.32. The van der Waals surface area contributed by atoms with E-state index >= 15 is 0 Å². The number of carbonyl (C=O) groups excluding carboxylic acids is 1. The summed E-state index contributed by atoms with van der Waals surface area (Å²) < 4.78 is 25.0. The number of nitrogens with zero attached hydrogens (tertiary/aromatic N) is 1. The predicted octanol–water partition coefficient (Wildman–Crippen LogP) is 3.06. The molecule has 0 saturated heterocycles. The van der Waals surface area contributed by atoms with Crippen molar-refractivity contribution in [3.63, 3.8) is 0 Å². The molecular weight excluding hydrogens is 347 g/mol. The Morgan fingerprint density at radius 1 is 1.32 bits per heavy atom. The van der Waals surface area contributed by atoms with Gasteiger partial charge in [0.25, 0.3) is 0 Å². The minimum Gasteiger partial charge on any atom is -0.350 e. The number of nitrogens with one attached hydrogen (secondary N) is 1. The molecule has 1 aromatic carbocycles. The quantitative estimate of drug-likeness (QED) is 0.840. The maximum absolute atomic E-state index is 12.1. The second kappa shape index (κ2) is 7.06. The minimum absolute atomic E-state index is 0.167. The van der Waals surface area contributed by atoms with Crippen LogP contribution in [0.5, 0.6) is 0 Å². The predicted molar refractivity (Wildman–Crippen MR) is 91.2 cm³/mol. The van der Waals surface area contributed by atoms with Gasteiger partial charge in [-0.3, -0.25) is 9.10 Å². The van der Waals surface area contributed by atoms with Crippen LogP contribution in [-0.4, -0.2) is 32.7 Å². The first-order valence-corrected chi connectivity index (χ1v) is 9.30. The minimum atomic E-state index is -3.67. The van der Waals surface area contributed by atoms with Crippen LogP contribution in [0.1, 0.15) is 27.2 Å². The van der Waals surface area contributed by atoms with E-state index in [1.807, 2.05) is 20.8 Å². The lowest BCUT2D eigenvalue weighted by molar-refractivity contribution is -0.121. The van der Waals surface area contributed by atoms with Crippen LogP contribution in [0.3, 0.4) is 0 Å². The molecule has 22 heavy (non-hydrogen) atoms. The van der Waals surface area contributed by atoms with Crippen LogP contribution in [0.25, 0.3) is 0 Å². The van der Waals surface area contributed by atoms with Gasteiger partial charge in [0, 0.05) is 10.6 Å². The summed E-state index contributed by atoms with van der Waals surface area (Å²) in [6.07, 6.45) is 1.75. The van der Waals surface area contributed by atoms with Crippen molar-refractivity contribution >= 4 is 44.8 Å². The van der Waals surface area contributed by atoms with Gasteiger partial charge in [0.15, 0.2) is 0 Å². The number of halogens is 2. The van der Waals surface area contributed by atoms with E-state index in [2.05, 4.69) is 5.32 Å². The SMILES string of the molecule is CCC(C)(C)NC(=O)CN(c1ccc(Cl)cc1Cl)S(C)(=O)=O. The largest absolute Gasteiger partial charge is 0.350 e. The summed E-state index contributed by atoms with van der Waals surface area (Å²) in [5.41, 5.74) is -0.192. The fourth-order valence-corrected chi connectivity index (χ4v) is 3.13. The highest BCUT2D eigenvalue weighted by atomic mass is 35.5. The first-order valence-electron chi connectivity index (χ1n) is 6.70. The summed E-state index contributed by atoms with van der Waals surface area (Å²) in [5, 5.41) is 3.35. The summed E-state index contributed by atoms with van der Waals surface area (Å²) in [6, 6.07) is 4.43. The molecule has 0 radical (unpaired) electrons. The first-order chi connectivity index (χ1) is 9.96. The van der Waals surface area contributed by atoms with Crippen LogP contribution in [0.2, 0.25) is 10.0 Å². The maximum atomic E-state index is 12.1. The second-order valence-electron chi connectivity index (χ2n) is 5.65. The molecule has 0 bridgehead atoms. The number of amides is 1. The molecule has 0 aromatic heterocycles. The molecule has 1 aromatic rings. The molecule has 0 fully saturated rings. The van der Waals surface area contributed by atoms with Crippen molar-refractivity contribution in [3.8, 4) is 0 Å². The average molecular weight is 367 g/mol. The molecule has 5 nitrogen and oxygen atoms in total. The van der Waals surface area contributed by atoms with Crippen LogP contribution in [-0.2, 0) is 14.8 Å². The molecule has 1 amide bonds. The molecule has 0 unspecified atom stereocenters. The van der Waals surface area contributed by atoms with E-state index < -0.39 is 21.5 Å². The molecule has 0 atom stereocenters. The lowest BCUT2D eigenvalue weighted by Gasteiger charge is -2.28. The van der Waals surface area contributed by atoms with Gasteiger partial charge in [-0.2, -0.15) is 0 Å². The molecule has 1 N–H and O–H groups in total. The third-order valence-corrected chi connectivity index (χ3v) is 4.89. The van der Waals surface area contributed by atoms with E-state index in [4.69, 9.17) is 23.2 Å². The van der Waals surface area contributed by atoms with Gasteiger partial charge in [-0.25, -0.2) is 8.42 Å². The number of anilines is 1. The number of hydrogen-bond donors (Lipinski definition) is 1. The van der Waals surface area contributed by atoms with Gasteiger partial charge in [-0.05, 0) is 38.5 Å². The Hall–Kier alpha value is -0.980. The Morgan fingerprint density at radius 3 is 2.36 bits per heavy atom. The summed E-state index contributed by atoms with van der Waals surface area (Å²) in [4.78, 5) is 12.1. The third-order valence-electron chi connectivity index (χ3n) is 3.23. The first kappa shape index (κ1) is 19.1. The van der Waals surface area contributed by atoms with Gasteiger partial charge >= 0.3 is 0 Å². The Kier molecular flexibility index (Phi) is 6.12. The van der Waals surface area contributed by atoms with E-state index in [9.17, 15) is 13.2 Å². The smallest absolute Gasteiger partial charge is 0.241 e.